The molecule has 96 valence electrons. The highest BCUT2D eigenvalue weighted by atomic mass is 32.1. The fraction of sp³-hybridized carbons (Fsp3) is 0.714. The van der Waals surface area contributed by atoms with Crippen LogP contribution in [0.15, 0.2) is 16.8 Å². The molecule has 0 bridgehead atoms. The Morgan fingerprint density at radius 2 is 2.53 bits per heavy atom. The third-order valence-corrected chi connectivity index (χ3v) is 4.07. The number of nitrogens with one attached hydrogen (secondary N) is 1. The van der Waals surface area contributed by atoms with Crippen molar-refractivity contribution in [3.63, 3.8) is 0 Å². The number of hydrogen-bond acceptors (Lipinski definition) is 3. The van der Waals surface area contributed by atoms with E-state index in [9.17, 15) is 0 Å². The van der Waals surface area contributed by atoms with Gasteiger partial charge in [-0.05, 0) is 68.0 Å². The van der Waals surface area contributed by atoms with Gasteiger partial charge in [0.1, 0.15) is 0 Å². The Kier molecular flexibility index (Phi) is 5.49. The van der Waals surface area contributed by atoms with Gasteiger partial charge >= 0.3 is 0 Å². The molecule has 1 saturated heterocycles. The molecule has 17 heavy (non-hydrogen) atoms. The Morgan fingerprint density at radius 1 is 1.59 bits per heavy atom. The summed E-state index contributed by atoms with van der Waals surface area (Å²) in [7, 11) is 0. The van der Waals surface area contributed by atoms with Crippen LogP contribution in [0, 0.1) is 0 Å². The van der Waals surface area contributed by atoms with Gasteiger partial charge in [-0.1, -0.05) is 0 Å². The Bertz CT molecular complexity index is 293. The van der Waals surface area contributed by atoms with Crippen LogP contribution >= 0.6 is 11.3 Å². The van der Waals surface area contributed by atoms with Crippen molar-refractivity contribution in [2.75, 3.05) is 13.2 Å². The number of ether oxygens (including phenoxy) is 1. The second kappa shape index (κ2) is 7.14. The van der Waals surface area contributed by atoms with Crippen molar-refractivity contribution in [3.05, 3.63) is 22.4 Å². The van der Waals surface area contributed by atoms with E-state index in [0.717, 1.165) is 19.6 Å². The van der Waals surface area contributed by atoms with E-state index < -0.39 is 0 Å². The van der Waals surface area contributed by atoms with E-state index in [1.165, 1.54) is 31.2 Å². The average molecular weight is 253 g/mol. The third kappa shape index (κ3) is 4.78. The van der Waals surface area contributed by atoms with E-state index in [4.69, 9.17) is 4.74 Å². The fourth-order valence-electron chi connectivity index (χ4n) is 2.38. The lowest BCUT2D eigenvalue weighted by atomic mass is 10.1. The van der Waals surface area contributed by atoms with Crippen LogP contribution in [0.25, 0.3) is 0 Å². The SMILES string of the molecule is CC(Cc1ccsc1)NCCCC1CCCO1. The van der Waals surface area contributed by atoms with Crippen LogP contribution in [0.1, 0.15) is 38.2 Å². The van der Waals surface area contributed by atoms with Crippen LogP contribution in [0.4, 0.5) is 0 Å². The van der Waals surface area contributed by atoms with Crippen molar-refractivity contribution in [2.24, 2.45) is 0 Å². The summed E-state index contributed by atoms with van der Waals surface area (Å²) in [6.45, 7) is 4.36. The maximum atomic E-state index is 5.62. The molecule has 0 aromatic carbocycles. The first-order valence-electron chi connectivity index (χ1n) is 6.70. The first-order chi connectivity index (χ1) is 8.34. The maximum Gasteiger partial charge on any atom is 0.0576 e. The summed E-state index contributed by atoms with van der Waals surface area (Å²) in [5.41, 5.74) is 1.45. The molecule has 2 nitrogen and oxygen atoms in total. The summed E-state index contributed by atoms with van der Waals surface area (Å²) < 4.78 is 5.62. The second-order valence-electron chi connectivity index (χ2n) is 4.97. The molecule has 0 amide bonds. The summed E-state index contributed by atoms with van der Waals surface area (Å²) >= 11 is 1.78. The molecule has 0 spiro atoms. The highest BCUT2D eigenvalue weighted by Gasteiger charge is 2.14. The molecule has 1 aromatic heterocycles. The third-order valence-electron chi connectivity index (χ3n) is 3.34. The van der Waals surface area contributed by atoms with Crippen molar-refractivity contribution in [1.29, 1.82) is 0 Å². The molecular weight excluding hydrogens is 230 g/mol. The van der Waals surface area contributed by atoms with Crippen molar-refractivity contribution in [2.45, 2.75) is 51.2 Å². The van der Waals surface area contributed by atoms with Gasteiger partial charge in [-0.15, -0.1) is 0 Å². The maximum absolute atomic E-state index is 5.62. The Hall–Kier alpha value is -0.380. The van der Waals surface area contributed by atoms with Crippen molar-refractivity contribution < 1.29 is 4.74 Å². The van der Waals surface area contributed by atoms with Crippen LogP contribution < -0.4 is 5.32 Å². The van der Waals surface area contributed by atoms with Crippen molar-refractivity contribution >= 4 is 11.3 Å². The first kappa shape index (κ1) is 13.1. The molecule has 1 fully saturated rings. The highest BCUT2D eigenvalue weighted by molar-refractivity contribution is 7.07. The van der Waals surface area contributed by atoms with Gasteiger partial charge in [0.2, 0.25) is 0 Å². The van der Waals surface area contributed by atoms with Gasteiger partial charge in [0, 0.05) is 12.6 Å². The van der Waals surface area contributed by atoms with Gasteiger partial charge in [-0.25, -0.2) is 0 Å². The fourth-order valence-corrected chi connectivity index (χ4v) is 3.07. The van der Waals surface area contributed by atoms with Crippen LogP contribution in [-0.4, -0.2) is 25.3 Å². The standard InChI is InChI=1S/C14H23NOS/c1-12(10-13-6-9-17-11-13)15-7-2-4-14-5-3-8-16-14/h6,9,11-12,14-15H,2-5,7-8,10H2,1H3. The minimum absolute atomic E-state index is 0.545. The molecule has 2 atom stereocenters. The van der Waals surface area contributed by atoms with Crippen LogP contribution in [0.3, 0.4) is 0 Å². The smallest absolute Gasteiger partial charge is 0.0576 e. The van der Waals surface area contributed by atoms with Gasteiger partial charge < -0.3 is 10.1 Å². The molecule has 1 aliphatic rings. The van der Waals surface area contributed by atoms with E-state index in [0.29, 0.717) is 12.1 Å². The normalized spacial score (nSPS) is 21.8. The molecule has 0 saturated carbocycles. The van der Waals surface area contributed by atoms with E-state index in [1.54, 1.807) is 11.3 Å². The monoisotopic (exact) mass is 253 g/mol. The molecule has 1 aliphatic heterocycles. The zero-order valence-corrected chi connectivity index (χ0v) is 11.5. The van der Waals surface area contributed by atoms with E-state index in [1.807, 2.05) is 0 Å². The van der Waals surface area contributed by atoms with Gasteiger partial charge in [-0.3, -0.25) is 0 Å². The Morgan fingerprint density at radius 3 is 3.24 bits per heavy atom. The van der Waals surface area contributed by atoms with Gasteiger partial charge in [0.05, 0.1) is 6.10 Å². The quantitative estimate of drug-likeness (QED) is 0.753. The van der Waals surface area contributed by atoms with Gasteiger partial charge in [0.25, 0.3) is 0 Å². The highest BCUT2D eigenvalue weighted by Crippen LogP contribution is 2.16. The summed E-state index contributed by atoms with van der Waals surface area (Å²) in [5.74, 6) is 0. The molecular formula is C14H23NOS. The van der Waals surface area contributed by atoms with Crippen molar-refractivity contribution in [3.8, 4) is 0 Å². The predicted molar refractivity (Wildman–Crippen MR) is 73.7 cm³/mol. The topological polar surface area (TPSA) is 21.3 Å². The molecule has 1 aromatic rings. The number of rotatable bonds is 7. The molecule has 2 heterocycles. The molecule has 2 unspecified atom stereocenters. The van der Waals surface area contributed by atoms with Gasteiger partial charge in [0.15, 0.2) is 0 Å². The van der Waals surface area contributed by atoms with Crippen LogP contribution in [0.2, 0.25) is 0 Å². The minimum Gasteiger partial charge on any atom is -0.378 e. The second-order valence-corrected chi connectivity index (χ2v) is 5.75. The lowest BCUT2D eigenvalue weighted by Gasteiger charge is -2.14. The summed E-state index contributed by atoms with van der Waals surface area (Å²) in [6.07, 6.45) is 6.67. The lowest BCUT2D eigenvalue weighted by Crippen LogP contribution is -2.29. The summed E-state index contributed by atoms with van der Waals surface area (Å²) in [6, 6.07) is 2.80. The zero-order valence-electron chi connectivity index (χ0n) is 10.7. The van der Waals surface area contributed by atoms with Crippen LogP contribution in [-0.2, 0) is 11.2 Å². The van der Waals surface area contributed by atoms with E-state index in [-0.39, 0.29) is 0 Å². The molecule has 1 N–H and O–H groups in total. The first-order valence-corrected chi connectivity index (χ1v) is 7.65. The van der Waals surface area contributed by atoms with Gasteiger partial charge in [-0.2, -0.15) is 11.3 Å². The molecule has 3 heteroatoms. The molecule has 0 radical (unpaired) electrons. The Labute approximate surface area is 108 Å². The number of thiophene rings is 1. The summed E-state index contributed by atoms with van der Waals surface area (Å²) in [5, 5.41) is 7.99. The van der Waals surface area contributed by atoms with E-state index in [2.05, 4.69) is 29.1 Å². The molecule has 0 aliphatic carbocycles. The predicted octanol–water partition coefficient (Wildman–Crippen LogP) is 3.23. The minimum atomic E-state index is 0.545. The largest absolute Gasteiger partial charge is 0.378 e. The van der Waals surface area contributed by atoms with E-state index >= 15 is 0 Å². The van der Waals surface area contributed by atoms with Crippen molar-refractivity contribution in [1.82, 2.24) is 5.32 Å². The lowest BCUT2D eigenvalue weighted by molar-refractivity contribution is 0.102. The average Bonchev–Trinajstić information content (AvgIpc) is 2.96. The zero-order chi connectivity index (χ0) is 11.9. The number of hydrogen-bond donors (Lipinski definition) is 1. The van der Waals surface area contributed by atoms with Crippen LogP contribution in [0.5, 0.6) is 0 Å². The molecule has 2 rings (SSSR count). The summed E-state index contributed by atoms with van der Waals surface area (Å²) in [4.78, 5) is 0. The Balaban J connectivity index is 1.52.